The van der Waals surface area contributed by atoms with Crippen LogP contribution in [0.2, 0.25) is 5.02 Å². The van der Waals surface area contributed by atoms with Crippen molar-refractivity contribution in [3.05, 3.63) is 64.3 Å². The number of ether oxygens (including phenoxy) is 2. The number of hydrogen-bond acceptors (Lipinski definition) is 5. The molecule has 1 heterocycles. The molecule has 28 heavy (non-hydrogen) atoms. The molecule has 7 heteroatoms. The first kappa shape index (κ1) is 19.0. The van der Waals surface area contributed by atoms with Crippen LogP contribution in [0, 0.1) is 22.7 Å². The quantitative estimate of drug-likeness (QED) is 0.378. The minimum absolute atomic E-state index is 0.0244. The Labute approximate surface area is 166 Å². The first-order chi connectivity index (χ1) is 13.6. The Kier molecular flexibility index (Phi) is 5.64. The molecule has 138 valence electrons. The lowest BCUT2D eigenvalue weighted by Gasteiger charge is -2.09. The van der Waals surface area contributed by atoms with Gasteiger partial charge >= 0.3 is 0 Å². The number of halogens is 1. The number of benzene rings is 2. The molecule has 0 aliphatic carbocycles. The van der Waals surface area contributed by atoms with Gasteiger partial charge in [-0.15, -0.1) is 0 Å². The van der Waals surface area contributed by atoms with Gasteiger partial charge in [0, 0.05) is 27.7 Å². The highest BCUT2D eigenvalue weighted by atomic mass is 35.5. The number of rotatable bonds is 6. The van der Waals surface area contributed by atoms with Crippen molar-refractivity contribution < 1.29 is 14.3 Å². The second-order valence-electron chi connectivity index (χ2n) is 5.75. The van der Waals surface area contributed by atoms with Gasteiger partial charge in [0.25, 0.3) is 0 Å². The number of aromatic nitrogens is 1. The van der Waals surface area contributed by atoms with E-state index in [2.05, 4.69) is 4.98 Å². The zero-order valence-corrected chi connectivity index (χ0v) is 15.6. The van der Waals surface area contributed by atoms with Crippen LogP contribution in [0.1, 0.15) is 15.9 Å². The lowest BCUT2D eigenvalue weighted by Crippen LogP contribution is -2.01. The molecule has 0 saturated heterocycles. The van der Waals surface area contributed by atoms with Crippen molar-refractivity contribution in [2.24, 2.45) is 0 Å². The number of nitriles is 2. The number of fused-ring (bicyclic) bond motifs is 1. The predicted molar refractivity (Wildman–Crippen MR) is 105 cm³/mol. The first-order valence-corrected chi connectivity index (χ1v) is 8.56. The minimum atomic E-state index is -0.403. The zero-order valence-electron chi connectivity index (χ0n) is 14.8. The number of methoxy groups -OCH3 is 1. The van der Waals surface area contributed by atoms with E-state index >= 15 is 0 Å². The molecule has 3 aromatic rings. The summed E-state index contributed by atoms with van der Waals surface area (Å²) >= 11 is 5.97. The van der Waals surface area contributed by atoms with E-state index in [1.54, 1.807) is 42.6 Å². The molecule has 0 fully saturated rings. The summed E-state index contributed by atoms with van der Waals surface area (Å²) in [6.07, 6.45) is 3.04. The molecule has 0 radical (unpaired) electrons. The van der Waals surface area contributed by atoms with Gasteiger partial charge in [-0.2, -0.15) is 10.5 Å². The first-order valence-electron chi connectivity index (χ1n) is 8.18. The summed E-state index contributed by atoms with van der Waals surface area (Å²) in [5, 5.41) is 19.4. The van der Waals surface area contributed by atoms with Crippen LogP contribution in [-0.2, 0) is 0 Å². The number of ketones is 1. The second kappa shape index (κ2) is 8.30. The van der Waals surface area contributed by atoms with Crippen LogP contribution in [0.4, 0.5) is 0 Å². The standard InChI is InChI=1S/C21H14ClN3O3/c1-27-20-9-13(2-5-19(20)28-7-6-23)8-14(11-24)21(26)17-12-25-18-10-15(22)3-4-16(17)18/h2-5,8-10,12,25H,7H2,1H3/b14-8+. The van der Waals surface area contributed by atoms with Crippen molar-refractivity contribution >= 4 is 34.4 Å². The average molecular weight is 392 g/mol. The summed E-state index contributed by atoms with van der Waals surface area (Å²) in [7, 11) is 1.47. The van der Waals surface area contributed by atoms with Gasteiger partial charge in [-0.05, 0) is 35.9 Å². The van der Waals surface area contributed by atoms with Gasteiger partial charge in [0.15, 0.2) is 18.1 Å². The van der Waals surface area contributed by atoms with Gasteiger partial charge in [0.05, 0.1) is 7.11 Å². The number of H-pyrrole nitrogens is 1. The fraction of sp³-hybridized carbons (Fsp3) is 0.0952. The summed E-state index contributed by atoms with van der Waals surface area (Å²) in [5.74, 6) is 0.398. The summed E-state index contributed by atoms with van der Waals surface area (Å²) in [5.41, 5.74) is 1.67. The molecular formula is C21H14ClN3O3. The molecule has 0 bridgehead atoms. The summed E-state index contributed by atoms with van der Waals surface area (Å²) in [4.78, 5) is 15.9. The van der Waals surface area contributed by atoms with Crippen LogP contribution >= 0.6 is 11.6 Å². The van der Waals surface area contributed by atoms with Gasteiger partial charge in [-0.1, -0.05) is 23.7 Å². The van der Waals surface area contributed by atoms with Crippen molar-refractivity contribution in [3.63, 3.8) is 0 Å². The van der Waals surface area contributed by atoms with Crippen molar-refractivity contribution in [2.75, 3.05) is 13.7 Å². The number of nitrogens with zero attached hydrogens (tertiary/aromatic N) is 2. The molecule has 3 rings (SSSR count). The highest BCUT2D eigenvalue weighted by Crippen LogP contribution is 2.30. The SMILES string of the molecule is COc1cc(/C=C(\C#N)C(=O)c2c[nH]c3cc(Cl)ccc23)ccc1OCC#N. The van der Waals surface area contributed by atoms with E-state index in [9.17, 15) is 10.1 Å². The lowest BCUT2D eigenvalue weighted by atomic mass is 10.0. The number of carbonyl (C=O) groups is 1. The maximum absolute atomic E-state index is 12.9. The van der Waals surface area contributed by atoms with E-state index < -0.39 is 5.78 Å². The number of nitrogens with one attached hydrogen (secondary N) is 1. The molecule has 0 atom stereocenters. The topological polar surface area (TPSA) is 98.9 Å². The van der Waals surface area contributed by atoms with E-state index in [-0.39, 0.29) is 12.2 Å². The second-order valence-corrected chi connectivity index (χ2v) is 6.18. The van der Waals surface area contributed by atoms with E-state index in [1.165, 1.54) is 13.2 Å². The molecule has 0 spiro atoms. The molecule has 1 N–H and O–H groups in total. The molecule has 1 aromatic heterocycles. The third-order valence-corrected chi connectivity index (χ3v) is 4.28. The smallest absolute Gasteiger partial charge is 0.205 e. The Morgan fingerprint density at radius 1 is 1.21 bits per heavy atom. The predicted octanol–water partition coefficient (Wildman–Crippen LogP) is 4.52. The number of allylic oxidation sites excluding steroid dienone is 1. The van der Waals surface area contributed by atoms with E-state index in [0.717, 1.165) is 0 Å². The third kappa shape index (κ3) is 3.83. The fourth-order valence-corrected chi connectivity index (χ4v) is 2.92. The molecular weight excluding hydrogens is 378 g/mol. The maximum atomic E-state index is 12.9. The molecule has 0 unspecified atom stereocenters. The molecule has 0 aliphatic heterocycles. The van der Waals surface area contributed by atoms with Crippen LogP contribution in [-0.4, -0.2) is 24.5 Å². The van der Waals surface area contributed by atoms with Crippen LogP contribution in [0.3, 0.4) is 0 Å². The van der Waals surface area contributed by atoms with Crippen molar-refractivity contribution in [1.82, 2.24) is 4.98 Å². The van der Waals surface area contributed by atoms with Crippen LogP contribution < -0.4 is 9.47 Å². The molecule has 0 aliphatic rings. The maximum Gasteiger partial charge on any atom is 0.205 e. The summed E-state index contributed by atoms with van der Waals surface area (Å²) < 4.78 is 10.5. The fourth-order valence-electron chi connectivity index (χ4n) is 2.75. The van der Waals surface area contributed by atoms with E-state index in [0.29, 0.717) is 38.6 Å². The van der Waals surface area contributed by atoms with Crippen LogP contribution in [0.5, 0.6) is 11.5 Å². The Balaban J connectivity index is 1.96. The van der Waals surface area contributed by atoms with Gasteiger partial charge in [0.2, 0.25) is 5.78 Å². The highest BCUT2D eigenvalue weighted by molar-refractivity contribution is 6.31. The molecule has 0 saturated carbocycles. The average Bonchev–Trinajstić information content (AvgIpc) is 3.13. The molecule has 0 amide bonds. The number of Topliss-reactive ketones (excluding diaryl/α,β-unsaturated/α-hetero) is 1. The van der Waals surface area contributed by atoms with Gasteiger partial charge in [-0.3, -0.25) is 4.79 Å². The summed E-state index contributed by atoms with van der Waals surface area (Å²) in [6.45, 7) is -0.113. The summed E-state index contributed by atoms with van der Waals surface area (Å²) in [6, 6.07) is 13.9. The van der Waals surface area contributed by atoms with Crippen LogP contribution in [0.25, 0.3) is 17.0 Å². The minimum Gasteiger partial charge on any atom is -0.493 e. The van der Waals surface area contributed by atoms with Crippen molar-refractivity contribution in [2.45, 2.75) is 0 Å². The third-order valence-electron chi connectivity index (χ3n) is 4.04. The van der Waals surface area contributed by atoms with Crippen molar-refractivity contribution in [3.8, 4) is 23.6 Å². The Bertz CT molecular complexity index is 1170. The largest absolute Gasteiger partial charge is 0.493 e. The van der Waals surface area contributed by atoms with E-state index in [1.807, 2.05) is 12.1 Å². The number of hydrogen-bond donors (Lipinski definition) is 1. The number of carbonyl (C=O) groups excluding carboxylic acids is 1. The molecule has 2 aromatic carbocycles. The Hall–Kier alpha value is -3.74. The monoisotopic (exact) mass is 391 g/mol. The van der Waals surface area contributed by atoms with Crippen molar-refractivity contribution in [1.29, 1.82) is 10.5 Å². The Morgan fingerprint density at radius 3 is 2.75 bits per heavy atom. The van der Waals surface area contributed by atoms with E-state index in [4.69, 9.17) is 26.3 Å². The zero-order chi connectivity index (χ0) is 20.1. The lowest BCUT2D eigenvalue weighted by molar-refractivity contribution is 0.104. The van der Waals surface area contributed by atoms with Gasteiger partial charge in [-0.25, -0.2) is 0 Å². The number of aromatic amines is 1. The van der Waals surface area contributed by atoms with Gasteiger partial charge < -0.3 is 14.5 Å². The Morgan fingerprint density at radius 2 is 2.04 bits per heavy atom. The van der Waals surface area contributed by atoms with Crippen LogP contribution in [0.15, 0.2) is 48.2 Å². The van der Waals surface area contributed by atoms with Gasteiger partial charge in [0.1, 0.15) is 17.7 Å². The molecule has 6 nitrogen and oxygen atoms in total. The highest BCUT2D eigenvalue weighted by Gasteiger charge is 2.17. The normalized spacial score (nSPS) is 10.9.